The van der Waals surface area contributed by atoms with Crippen molar-refractivity contribution in [2.24, 2.45) is 5.92 Å². The number of carboxylic acids is 1. The van der Waals surface area contributed by atoms with E-state index in [2.05, 4.69) is 20.2 Å². The first-order valence-electron chi connectivity index (χ1n) is 16.2. The highest BCUT2D eigenvalue weighted by molar-refractivity contribution is 5.84. The van der Waals surface area contributed by atoms with E-state index in [-0.39, 0.29) is 43.8 Å². The maximum absolute atomic E-state index is 13.1. The van der Waals surface area contributed by atoms with Gasteiger partial charge in [-0.05, 0) is 52.3 Å². The fourth-order valence-electron chi connectivity index (χ4n) is 5.31. The van der Waals surface area contributed by atoms with Crippen LogP contribution < -0.4 is 0 Å². The molecule has 1 amide bonds. The highest BCUT2D eigenvalue weighted by atomic mass is 16.9. The second-order valence-electron chi connectivity index (χ2n) is 11.8. The summed E-state index contributed by atoms with van der Waals surface area (Å²) in [5.41, 5.74) is 4.09. The van der Waals surface area contributed by atoms with E-state index in [0.29, 0.717) is 23.1 Å². The number of carbonyl (C=O) groups excluding carboxylic acids is 2. The molecule has 0 fully saturated rings. The van der Waals surface area contributed by atoms with Crippen LogP contribution in [0.3, 0.4) is 0 Å². The molecular formula is C35H40N6O9. The Labute approximate surface area is 288 Å². The van der Waals surface area contributed by atoms with Gasteiger partial charge in [0.15, 0.2) is 0 Å². The van der Waals surface area contributed by atoms with Crippen LogP contribution in [0.5, 0.6) is 0 Å². The number of amides is 1. The molecule has 0 aliphatic carbocycles. The van der Waals surface area contributed by atoms with Crippen LogP contribution in [-0.2, 0) is 43.7 Å². The van der Waals surface area contributed by atoms with Gasteiger partial charge in [-0.15, -0.1) is 25.1 Å². The van der Waals surface area contributed by atoms with Gasteiger partial charge in [-0.25, -0.2) is 9.59 Å². The van der Waals surface area contributed by atoms with Crippen LogP contribution in [-0.4, -0.2) is 59.4 Å². The minimum absolute atomic E-state index is 0.165. The van der Waals surface area contributed by atoms with E-state index in [9.17, 15) is 29.6 Å². The Bertz CT molecular complexity index is 1780. The van der Waals surface area contributed by atoms with Crippen molar-refractivity contribution in [1.29, 1.82) is 0 Å². The van der Waals surface area contributed by atoms with Gasteiger partial charge in [-0.1, -0.05) is 100.0 Å². The minimum atomic E-state index is -1.03. The van der Waals surface area contributed by atoms with E-state index in [4.69, 9.17) is 9.47 Å². The maximum atomic E-state index is 13.1. The first-order chi connectivity index (χ1) is 24.0. The zero-order chi connectivity index (χ0) is 36.2. The highest BCUT2D eigenvalue weighted by Crippen LogP contribution is 2.31. The molecule has 1 heterocycles. The summed E-state index contributed by atoms with van der Waals surface area (Å²) in [6.07, 6.45) is -0.183. The number of aliphatic carboxylic acids is 1. The highest BCUT2D eigenvalue weighted by Gasteiger charge is 2.32. The average Bonchev–Trinajstić information content (AvgIpc) is 3.59. The molecular weight excluding hydrogens is 648 g/mol. The van der Waals surface area contributed by atoms with E-state index in [0.717, 1.165) is 27.9 Å². The lowest BCUT2D eigenvalue weighted by atomic mass is 9.97. The molecule has 3 aromatic carbocycles. The summed E-state index contributed by atoms with van der Waals surface area (Å²) in [6.45, 7) is 6.79. The van der Waals surface area contributed by atoms with Crippen molar-refractivity contribution in [2.75, 3.05) is 0 Å². The predicted octanol–water partition coefficient (Wildman–Crippen LogP) is 6.22. The van der Waals surface area contributed by atoms with Crippen molar-refractivity contribution >= 4 is 18.0 Å². The Kier molecular flexibility index (Phi) is 12.9. The van der Waals surface area contributed by atoms with Gasteiger partial charge in [0.25, 0.3) is 5.09 Å². The van der Waals surface area contributed by atoms with Crippen LogP contribution in [0.2, 0.25) is 0 Å². The molecule has 0 spiro atoms. The maximum Gasteiger partial charge on any atom is 0.510 e. The molecule has 1 unspecified atom stereocenters. The molecule has 1 N–H and O–H groups in total. The molecule has 4 rings (SSSR count). The van der Waals surface area contributed by atoms with Gasteiger partial charge < -0.3 is 24.3 Å². The van der Waals surface area contributed by atoms with E-state index < -0.39 is 29.5 Å². The van der Waals surface area contributed by atoms with Crippen LogP contribution in [0, 0.1) is 16.0 Å². The summed E-state index contributed by atoms with van der Waals surface area (Å²) in [7, 11) is 0. The predicted molar refractivity (Wildman–Crippen MR) is 179 cm³/mol. The van der Waals surface area contributed by atoms with Crippen LogP contribution in [0.4, 0.5) is 4.79 Å². The molecule has 0 bridgehead atoms. The minimum Gasteiger partial charge on any atom is -0.480 e. The van der Waals surface area contributed by atoms with Crippen molar-refractivity contribution in [2.45, 2.75) is 79.0 Å². The summed E-state index contributed by atoms with van der Waals surface area (Å²) in [6, 6.07) is 20.7. The fourth-order valence-corrected chi connectivity index (χ4v) is 5.31. The Morgan fingerprint density at radius 3 is 2.20 bits per heavy atom. The number of carboxylic acid groups (broad SMARTS) is 1. The smallest absolute Gasteiger partial charge is 0.480 e. The third kappa shape index (κ3) is 9.84. The van der Waals surface area contributed by atoms with Crippen LogP contribution in [0.25, 0.3) is 22.5 Å². The zero-order valence-electron chi connectivity index (χ0n) is 28.3. The van der Waals surface area contributed by atoms with Crippen LogP contribution >= 0.6 is 0 Å². The quantitative estimate of drug-likeness (QED) is 0.0750. The van der Waals surface area contributed by atoms with Crippen LogP contribution in [0.15, 0.2) is 72.8 Å². The number of hydrogen-bond donors (Lipinski definition) is 1. The van der Waals surface area contributed by atoms with E-state index in [1.54, 1.807) is 45.0 Å². The number of unbranched alkanes of at least 4 members (excludes halogenated alkanes) is 1. The summed E-state index contributed by atoms with van der Waals surface area (Å²) < 4.78 is 10.5. The summed E-state index contributed by atoms with van der Waals surface area (Å²) in [4.78, 5) is 55.2. The Balaban J connectivity index is 1.45. The lowest BCUT2D eigenvalue weighted by molar-refractivity contribution is -0.763. The van der Waals surface area contributed by atoms with Gasteiger partial charge in [0.05, 0.1) is 0 Å². The normalized spacial score (nSPS) is 12.2. The van der Waals surface area contributed by atoms with Crippen molar-refractivity contribution in [3.05, 3.63) is 99.6 Å². The molecule has 0 radical (unpaired) electrons. The van der Waals surface area contributed by atoms with Gasteiger partial charge in [-0.3, -0.25) is 4.79 Å². The summed E-state index contributed by atoms with van der Waals surface area (Å²) in [5.74, 6) is -1.21. The second-order valence-corrected chi connectivity index (χ2v) is 11.8. The number of rotatable bonds is 17. The average molecular weight is 689 g/mol. The first-order valence-corrected chi connectivity index (χ1v) is 16.2. The molecule has 1 aromatic heterocycles. The van der Waals surface area contributed by atoms with Gasteiger partial charge in [0.2, 0.25) is 18.0 Å². The number of tetrazole rings is 1. The molecule has 50 heavy (non-hydrogen) atoms. The second kappa shape index (κ2) is 17.5. The molecule has 2 atom stereocenters. The van der Waals surface area contributed by atoms with Crippen molar-refractivity contribution < 1.29 is 38.9 Å². The number of carbonyl (C=O) groups is 3. The number of benzene rings is 3. The van der Waals surface area contributed by atoms with E-state index in [1.807, 2.05) is 55.5 Å². The molecule has 15 nitrogen and oxygen atoms in total. The van der Waals surface area contributed by atoms with Gasteiger partial charge in [-0.2, -0.15) is 0 Å². The number of hydrogen-bond acceptors (Lipinski definition) is 11. The SMILES string of the molecule is CCCCC(=O)N(Cc1ccc(-c2ccccc2-c2nnn(C(C)OC(=O)OCc3ccccc3CO[N+](=O)[O-])n2)cc1)[C@@H](C(=O)O)C(C)C. The molecule has 4 aromatic rings. The lowest BCUT2D eigenvalue weighted by Crippen LogP contribution is -2.47. The monoisotopic (exact) mass is 688 g/mol. The number of ether oxygens (including phenoxy) is 2. The Morgan fingerprint density at radius 1 is 0.940 bits per heavy atom. The standard InChI is InChI=1S/C35H40N6O9/c1-5-6-15-31(42)39(32(23(2)3)34(43)44)20-25-16-18-26(19-17-25)29-13-9-10-14-30(29)33-36-38-40(37-33)24(4)50-35(45)48-21-27-11-7-8-12-28(27)22-49-41(46)47/h7-14,16-19,23-24,32H,5-6,15,20-22H2,1-4H3,(H,43,44)/t24?,32-/m1/s1. The van der Waals surface area contributed by atoms with Crippen LogP contribution in [0.1, 0.15) is 69.9 Å². The van der Waals surface area contributed by atoms with Crippen molar-refractivity contribution in [1.82, 2.24) is 25.1 Å². The largest absolute Gasteiger partial charge is 0.510 e. The molecule has 0 saturated carbocycles. The van der Waals surface area contributed by atoms with Gasteiger partial charge in [0.1, 0.15) is 19.3 Å². The zero-order valence-corrected chi connectivity index (χ0v) is 28.3. The third-order valence-corrected chi connectivity index (χ3v) is 7.88. The van der Waals surface area contributed by atoms with Gasteiger partial charge >= 0.3 is 12.1 Å². The Morgan fingerprint density at radius 2 is 1.58 bits per heavy atom. The topological polar surface area (TPSA) is 189 Å². The van der Waals surface area contributed by atoms with E-state index >= 15 is 0 Å². The van der Waals surface area contributed by atoms with Gasteiger partial charge in [0, 0.05) is 18.5 Å². The number of aromatic nitrogens is 4. The summed E-state index contributed by atoms with van der Waals surface area (Å²) in [5, 5.41) is 32.2. The van der Waals surface area contributed by atoms with E-state index in [1.165, 1.54) is 4.90 Å². The molecule has 264 valence electrons. The first kappa shape index (κ1) is 37.0. The summed E-state index contributed by atoms with van der Waals surface area (Å²) >= 11 is 0. The Hall–Kier alpha value is -5.86. The molecule has 0 aliphatic rings. The fraction of sp³-hybridized carbons (Fsp3) is 0.371. The number of nitrogens with zero attached hydrogens (tertiary/aromatic N) is 6. The molecule has 15 heteroatoms. The van der Waals surface area contributed by atoms with Crippen molar-refractivity contribution in [3.63, 3.8) is 0 Å². The molecule has 0 saturated heterocycles. The lowest BCUT2D eigenvalue weighted by Gasteiger charge is -2.32. The van der Waals surface area contributed by atoms with Crippen molar-refractivity contribution in [3.8, 4) is 22.5 Å². The third-order valence-electron chi connectivity index (χ3n) is 7.88. The molecule has 0 aliphatic heterocycles.